The van der Waals surface area contributed by atoms with Gasteiger partial charge in [-0.2, -0.15) is 0 Å². The fourth-order valence-corrected chi connectivity index (χ4v) is 3.51. The summed E-state index contributed by atoms with van der Waals surface area (Å²) in [5.41, 5.74) is 0. The highest BCUT2D eigenvalue weighted by molar-refractivity contribution is 9.10. The maximum absolute atomic E-state index is 3.60. The molecule has 1 aromatic heterocycles. The highest BCUT2D eigenvalue weighted by Gasteiger charge is 2.20. The summed E-state index contributed by atoms with van der Waals surface area (Å²) in [6.45, 7) is 5.84. The quantitative estimate of drug-likeness (QED) is 0.787. The molecule has 0 bridgehead atoms. The molecule has 0 N–H and O–H groups in total. The molecule has 15 heavy (non-hydrogen) atoms. The molecule has 0 radical (unpaired) electrons. The van der Waals surface area contributed by atoms with Crippen molar-refractivity contribution in [1.29, 1.82) is 0 Å². The average molecular weight is 288 g/mol. The Balaban J connectivity index is 1.87. The van der Waals surface area contributed by atoms with Crippen LogP contribution in [0.1, 0.15) is 31.1 Å². The van der Waals surface area contributed by atoms with Gasteiger partial charge in [-0.25, -0.2) is 0 Å². The molecule has 1 aliphatic carbocycles. The smallest absolute Gasteiger partial charge is 0.0339 e. The summed E-state index contributed by atoms with van der Waals surface area (Å²) in [4.78, 5) is 4.04. The van der Waals surface area contributed by atoms with Crippen molar-refractivity contribution >= 4 is 27.3 Å². The van der Waals surface area contributed by atoms with Gasteiger partial charge in [0.05, 0.1) is 0 Å². The minimum absolute atomic E-state index is 0.976. The fraction of sp³-hybridized carbons (Fsp3) is 0.667. The molecular formula is C12H18BrNS. The lowest BCUT2D eigenvalue weighted by atomic mass is 9.85. The van der Waals surface area contributed by atoms with E-state index in [1.54, 1.807) is 0 Å². The Bertz CT molecular complexity index is 306. The molecule has 1 fully saturated rings. The summed E-state index contributed by atoms with van der Waals surface area (Å²) >= 11 is 5.46. The number of hydrogen-bond acceptors (Lipinski definition) is 2. The maximum atomic E-state index is 3.60. The van der Waals surface area contributed by atoms with Crippen LogP contribution in [0.15, 0.2) is 15.9 Å². The second-order valence-electron chi connectivity index (χ2n) is 4.32. The molecule has 0 saturated heterocycles. The van der Waals surface area contributed by atoms with Crippen LogP contribution in [0, 0.1) is 5.92 Å². The Morgan fingerprint density at radius 1 is 1.53 bits per heavy atom. The molecule has 1 nitrogen and oxygen atoms in total. The third-order valence-electron chi connectivity index (χ3n) is 3.25. The predicted molar refractivity (Wildman–Crippen MR) is 70.3 cm³/mol. The summed E-state index contributed by atoms with van der Waals surface area (Å²) in [6.07, 6.45) is 4.34. The van der Waals surface area contributed by atoms with E-state index in [0.29, 0.717) is 0 Å². The van der Waals surface area contributed by atoms with Crippen molar-refractivity contribution in [3.05, 3.63) is 20.8 Å². The summed E-state index contributed by atoms with van der Waals surface area (Å²) in [5.74, 6) is 0.976. The van der Waals surface area contributed by atoms with Gasteiger partial charge in [0.1, 0.15) is 0 Å². The van der Waals surface area contributed by atoms with Crippen LogP contribution in [-0.2, 0) is 6.54 Å². The van der Waals surface area contributed by atoms with E-state index in [2.05, 4.69) is 39.2 Å². The fourth-order valence-electron chi connectivity index (χ4n) is 1.99. The van der Waals surface area contributed by atoms with E-state index in [0.717, 1.165) is 12.5 Å². The lowest BCUT2D eigenvalue weighted by molar-refractivity contribution is 0.179. The molecule has 84 valence electrons. The molecule has 1 aromatic rings. The minimum atomic E-state index is 0.976. The summed E-state index contributed by atoms with van der Waals surface area (Å²) in [5, 5.41) is 2.16. The van der Waals surface area contributed by atoms with Gasteiger partial charge in [0.15, 0.2) is 0 Å². The maximum Gasteiger partial charge on any atom is 0.0339 e. The third-order valence-corrected chi connectivity index (χ3v) is 5.16. The Labute approximate surface area is 105 Å². The van der Waals surface area contributed by atoms with Crippen molar-refractivity contribution in [2.45, 2.75) is 32.7 Å². The summed E-state index contributed by atoms with van der Waals surface area (Å²) in [7, 11) is 0. The largest absolute Gasteiger partial charge is 0.298 e. The zero-order valence-electron chi connectivity index (χ0n) is 9.21. The highest BCUT2D eigenvalue weighted by Crippen LogP contribution is 2.29. The first-order valence-electron chi connectivity index (χ1n) is 5.73. The van der Waals surface area contributed by atoms with Gasteiger partial charge in [0.25, 0.3) is 0 Å². The first kappa shape index (κ1) is 11.6. The van der Waals surface area contributed by atoms with E-state index in [-0.39, 0.29) is 0 Å². The molecule has 0 aromatic carbocycles. The van der Waals surface area contributed by atoms with Gasteiger partial charge in [-0.1, -0.05) is 13.3 Å². The van der Waals surface area contributed by atoms with Crippen LogP contribution in [0.4, 0.5) is 0 Å². The normalized spacial score (nSPS) is 17.0. The number of thiophene rings is 1. The Morgan fingerprint density at radius 3 is 2.80 bits per heavy atom. The van der Waals surface area contributed by atoms with E-state index in [1.807, 2.05) is 11.3 Å². The van der Waals surface area contributed by atoms with Crippen LogP contribution in [0.25, 0.3) is 0 Å². The second kappa shape index (κ2) is 5.46. The number of hydrogen-bond donors (Lipinski definition) is 0. The van der Waals surface area contributed by atoms with Crippen molar-refractivity contribution in [2.75, 3.05) is 13.1 Å². The van der Waals surface area contributed by atoms with Gasteiger partial charge in [-0.15, -0.1) is 11.3 Å². The van der Waals surface area contributed by atoms with Crippen LogP contribution < -0.4 is 0 Å². The molecule has 1 heterocycles. The molecule has 1 aliphatic rings. The van der Waals surface area contributed by atoms with Crippen molar-refractivity contribution in [2.24, 2.45) is 5.92 Å². The highest BCUT2D eigenvalue weighted by atomic mass is 79.9. The van der Waals surface area contributed by atoms with Crippen LogP contribution >= 0.6 is 27.3 Å². The number of nitrogens with zero attached hydrogens (tertiary/aromatic N) is 1. The topological polar surface area (TPSA) is 3.24 Å². The van der Waals surface area contributed by atoms with Crippen molar-refractivity contribution in [3.8, 4) is 0 Å². The molecule has 1 saturated carbocycles. The van der Waals surface area contributed by atoms with Crippen LogP contribution in [0.3, 0.4) is 0 Å². The Hall–Kier alpha value is 0.140. The van der Waals surface area contributed by atoms with Crippen molar-refractivity contribution in [3.63, 3.8) is 0 Å². The monoisotopic (exact) mass is 287 g/mol. The lowest BCUT2D eigenvalue weighted by Gasteiger charge is -2.31. The van der Waals surface area contributed by atoms with E-state index in [9.17, 15) is 0 Å². The van der Waals surface area contributed by atoms with Gasteiger partial charge in [0.2, 0.25) is 0 Å². The molecule has 0 aliphatic heterocycles. The second-order valence-corrected chi connectivity index (χ2v) is 6.17. The summed E-state index contributed by atoms with van der Waals surface area (Å²) < 4.78 is 1.28. The van der Waals surface area contributed by atoms with Gasteiger partial charge >= 0.3 is 0 Å². The van der Waals surface area contributed by atoms with E-state index >= 15 is 0 Å². The zero-order chi connectivity index (χ0) is 10.7. The molecule has 2 rings (SSSR count). The SMILES string of the molecule is CCN(Cc1sccc1Br)CC1CCC1. The number of rotatable bonds is 5. The van der Waals surface area contributed by atoms with Crippen LogP contribution in [-0.4, -0.2) is 18.0 Å². The Morgan fingerprint density at radius 2 is 2.33 bits per heavy atom. The molecular weight excluding hydrogens is 270 g/mol. The van der Waals surface area contributed by atoms with Gasteiger partial charge in [-0.05, 0) is 52.7 Å². The van der Waals surface area contributed by atoms with Crippen LogP contribution in [0.2, 0.25) is 0 Å². The van der Waals surface area contributed by atoms with Crippen molar-refractivity contribution < 1.29 is 0 Å². The molecule has 0 atom stereocenters. The summed E-state index contributed by atoms with van der Waals surface area (Å²) in [6, 6.07) is 2.15. The van der Waals surface area contributed by atoms with Gasteiger partial charge in [-0.3, -0.25) is 4.90 Å². The van der Waals surface area contributed by atoms with Crippen molar-refractivity contribution in [1.82, 2.24) is 4.90 Å². The average Bonchev–Trinajstić information content (AvgIpc) is 2.56. The van der Waals surface area contributed by atoms with E-state index in [4.69, 9.17) is 0 Å². The predicted octanol–water partition coefficient (Wildman–Crippen LogP) is 4.13. The minimum Gasteiger partial charge on any atom is -0.298 e. The van der Waals surface area contributed by atoms with E-state index < -0.39 is 0 Å². The molecule has 3 heteroatoms. The van der Waals surface area contributed by atoms with Gasteiger partial charge < -0.3 is 0 Å². The van der Waals surface area contributed by atoms with Crippen LogP contribution in [0.5, 0.6) is 0 Å². The zero-order valence-corrected chi connectivity index (χ0v) is 11.6. The first-order chi connectivity index (χ1) is 7.29. The standard InChI is InChI=1S/C12H18BrNS/c1-2-14(8-10-4-3-5-10)9-12-11(13)6-7-15-12/h6-7,10H,2-5,8-9H2,1H3. The Kier molecular flexibility index (Phi) is 4.23. The molecule has 0 amide bonds. The first-order valence-corrected chi connectivity index (χ1v) is 7.41. The van der Waals surface area contributed by atoms with E-state index in [1.165, 1.54) is 41.7 Å². The molecule has 0 spiro atoms. The number of halogens is 1. The lowest BCUT2D eigenvalue weighted by Crippen LogP contribution is -2.31. The van der Waals surface area contributed by atoms with Gasteiger partial charge in [0, 0.05) is 22.4 Å². The third kappa shape index (κ3) is 3.05. The molecule has 0 unspecified atom stereocenters.